The van der Waals surface area contributed by atoms with Crippen molar-refractivity contribution in [3.8, 4) is 16.9 Å². The van der Waals surface area contributed by atoms with Gasteiger partial charge in [-0.15, -0.1) is 0 Å². The summed E-state index contributed by atoms with van der Waals surface area (Å²) in [5, 5.41) is 0. The van der Waals surface area contributed by atoms with Crippen molar-refractivity contribution in [2.45, 2.75) is 32.9 Å². The Hall–Kier alpha value is -2.75. The Labute approximate surface area is 163 Å². The van der Waals surface area contributed by atoms with E-state index in [4.69, 9.17) is 4.74 Å². The number of halogens is 3. The molecule has 1 unspecified atom stereocenters. The SMILES string of the molecule is CCc1ccc(OCC(F)Cc2ccc(-c3ccc(C)cc3)cc2)c(F)c1F. The Morgan fingerprint density at radius 3 is 2.04 bits per heavy atom. The second-order valence-electron chi connectivity index (χ2n) is 6.88. The third-order valence-electron chi connectivity index (χ3n) is 4.72. The molecule has 3 rings (SSSR count). The lowest BCUT2D eigenvalue weighted by atomic mass is 10.0. The van der Waals surface area contributed by atoms with E-state index in [1.807, 2.05) is 55.5 Å². The number of hydrogen-bond donors (Lipinski definition) is 0. The van der Waals surface area contributed by atoms with Gasteiger partial charge in [-0.2, -0.15) is 4.39 Å². The van der Waals surface area contributed by atoms with Gasteiger partial charge in [0.15, 0.2) is 11.6 Å². The first-order valence-electron chi connectivity index (χ1n) is 9.37. The molecule has 4 heteroatoms. The molecule has 0 saturated heterocycles. The van der Waals surface area contributed by atoms with Crippen LogP contribution in [0.5, 0.6) is 5.75 Å². The topological polar surface area (TPSA) is 9.23 Å². The fraction of sp³-hybridized carbons (Fsp3) is 0.250. The normalized spacial score (nSPS) is 12.0. The third-order valence-corrected chi connectivity index (χ3v) is 4.72. The lowest BCUT2D eigenvalue weighted by Gasteiger charge is -2.13. The van der Waals surface area contributed by atoms with Gasteiger partial charge in [-0.05, 0) is 41.7 Å². The van der Waals surface area contributed by atoms with Gasteiger partial charge >= 0.3 is 0 Å². The van der Waals surface area contributed by atoms with Crippen LogP contribution in [0.3, 0.4) is 0 Å². The highest BCUT2D eigenvalue weighted by atomic mass is 19.2. The molecule has 0 aliphatic rings. The maximum atomic E-state index is 14.3. The highest BCUT2D eigenvalue weighted by Crippen LogP contribution is 2.24. The van der Waals surface area contributed by atoms with Crippen molar-refractivity contribution >= 4 is 0 Å². The molecule has 0 bridgehead atoms. The Morgan fingerprint density at radius 1 is 0.821 bits per heavy atom. The summed E-state index contributed by atoms with van der Waals surface area (Å²) >= 11 is 0. The van der Waals surface area contributed by atoms with Gasteiger partial charge in [0.25, 0.3) is 0 Å². The van der Waals surface area contributed by atoms with Gasteiger partial charge in [-0.25, -0.2) is 8.78 Å². The van der Waals surface area contributed by atoms with Gasteiger partial charge in [0.1, 0.15) is 12.8 Å². The van der Waals surface area contributed by atoms with Crippen molar-refractivity contribution in [3.63, 3.8) is 0 Å². The summed E-state index contributed by atoms with van der Waals surface area (Å²) in [4.78, 5) is 0. The van der Waals surface area contributed by atoms with E-state index in [-0.39, 0.29) is 24.3 Å². The van der Waals surface area contributed by atoms with Crippen LogP contribution in [0, 0.1) is 18.6 Å². The van der Waals surface area contributed by atoms with Crippen LogP contribution < -0.4 is 4.74 Å². The number of rotatable bonds is 7. The predicted molar refractivity (Wildman–Crippen MR) is 106 cm³/mol. The van der Waals surface area contributed by atoms with Crippen LogP contribution >= 0.6 is 0 Å². The van der Waals surface area contributed by atoms with E-state index in [1.54, 1.807) is 6.92 Å². The van der Waals surface area contributed by atoms with E-state index < -0.39 is 17.8 Å². The van der Waals surface area contributed by atoms with Crippen molar-refractivity contribution in [3.05, 3.63) is 89.0 Å². The molecule has 0 radical (unpaired) electrons. The molecule has 3 aromatic rings. The average Bonchev–Trinajstić information content (AvgIpc) is 2.70. The van der Waals surface area contributed by atoms with E-state index in [2.05, 4.69) is 0 Å². The summed E-state index contributed by atoms with van der Waals surface area (Å²) in [6, 6.07) is 18.7. The molecule has 0 aliphatic heterocycles. The molecule has 0 fully saturated rings. The quantitative estimate of drug-likeness (QED) is 0.454. The minimum atomic E-state index is -1.32. The summed E-state index contributed by atoms with van der Waals surface area (Å²) in [6.45, 7) is 3.44. The Kier molecular flexibility index (Phi) is 6.40. The molecule has 3 aromatic carbocycles. The molecule has 1 atom stereocenters. The molecular formula is C24H23F3O. The van der Waals surface area contributed by atoms with Gasteiger partial charge in [0.2, 0.25) is 5.82 Å². The van der Waals surface area contributed by atoms with Gasteiger partial charge in [0.05, 0.1) is 0 Å². The Bertz CT molecular complexity index is 918. The van der Waals surface area contributed by atoms with Crippen LogP contribution in [-0.2, 0) is 12.8 Å². The first kappa shape index (κ1) is 20.0. The summed E-state index contributed by atoms with van der Waals surface area (Å²) < 4.78 is 47.2. The van der Waals surface area contributed by atoms with Gasteiger partial charge in [-0.3, -0.25) is 0 Å². The molecule has 0 amide bonds. The number of ether oxygens (including phenoxy) is 1. The van der Waals surface area contributed by atoms with Crippen LogP contribution in [-0.4, -0.2) is 12.8 Å². The zero-order valence-electron chi connectivity index (χ0n) is 16.0. The fourth-order valence-electron chi connectivity index (χ4n) is 3.03. The monoisotopic (exact) mass is 384 g/mol. The van der Waals surface area contributed by atoms with Gasteiger partial charge in [0, 0.05) is 6.42 Å². The smallest absolute Gasteiger partial charge is 0.200 e. The van der Waals surface area contributed by atoms with Crippen molar-refractivity contribution in [1.29, 1.82) is 0 Å². The highest BCUT2D eigenvalue weighted by molar-refractivity contribution is 5.63. The first-order valence-corrected chi connectivity index (χ1v) is 9.37. The number of aryl methyl sites for hydroxylation is 2. The molecule has 146 valence electrons. The van der Waals surface area contributed by atoms with Crippen LogP contribution in [0.1, 0.15) is 23.6 Å². The Morgan fingerprint density at radius 2 is 1.43 bits per heavy atom. The molecule has 0 aliphatic carbocycles. The fourth-order valence-corrected chi connectivity index (χ4v) is 3.03. The van der Waals surface area contributed by atoms with E-state index in [0.29, 0.717) is 6.42 Å². The lowest BCUT2D eigenvalue weighted by molar-refractivity contribution is 0.188. The molecule has 0 N–H and O–H groups in total. The average molecular weight is 384 g/mol. The van der Waals surface area contributed by atoms with E-state index in [0.717, 1.165) is 16.7 Å². The minimum Gasteiger partial charge on any atom is -0.487 e. The third kappa shape index (κ3) is 4.75. The molecule has 1 nitrogen and oxygen atoms in total. The standard InChI is InChI=1S/C24H23F3O/c1-3-18-12-13-22(24(27)23(18)26)28-15-21(25)14-17-6-10-20(11-7-17)19-8-4-16(2)5-9-19/h4-13,21H,3,14-15H2,1-2H3. The molecular weight excluding hydrogens is 361 g/mol. The van der Waals surface area contributed by atoms with Crippen molar-refractivity contribution < 1.29 is 17.9 Å². The lowest BCUT2D eigenvalue weighted by Crippen LogP contribution is -2.16. The predicted octanol–water partition coefficient (Wildman–Crippen LogP) is 6.46. The molecule has 0 aromatic heterocycles. The molecule has 0 saturated carbocycles. The maximum Gasteiger partial charge on any atom is 0.200 e. The van der Waals surface area contributed by atoms with Gasteiger partial charge < -0.3 is 4.74 Å². The summed E-state index contributed by atoms with van der Waals surface area (Å²) in [5.74, 6) is -2.25. The Balaban J connectivity index is 1.58. The van der Waals surface area contributed by atoms with Crippen LogP contribution in [0.4, 0.5) is 13.2 Å². The second-order valence-corrected chi connectivity index (χ2v) is 6.88. The number of hydrogen-bond acceptors (Lipinski definition) is 1. The minimum absolute atomic E-state index is 0.144. The summed E-state index contributed by atoms with van der Waals surface area (Å²) in [7, 11) is 0. The van der Waals surface area contributed by atoms with Crippen molar-refractivity contribution in [2.24, 2.45) is 0 Å². The molecule has 0 spiro atoms. The summed E-state index contributed by atoms with van der Waals surface area (Å²) in [5.41, 5.74) is 4.45. The van der Waals surface area contributed by atoms with Crippen LogP contribution in [0.15, 0.2) is 60.7 Å². The van der Waals surface area contributed by atoms with Crippen LogP contribution in [0.25, 0.3) is 11.1 Å². The van der Waals surface area contributed by atoms with E-state index >= 15 is 0 Å². The maximum absolute atomic E-state index is 14.3. The van der Waals surface area contributed by atoms with E-state index in [9.17, 15) is 13.2 Å². The second kappa shape index (κ2) is 8.96. The van der Waals surface area contributed by atoms with Crippen molar-refractivity contribution in [1.82, 2.24) is 0 Å². The molecule has 28 heavy (non-hydrogen) atoms. The zero-order chi connectivity index (χ0) is 20.1. The molecule has 0 heterocycles. The first-order chi connectivity index (χ1) is 13.5. The highest BCUT2D eigenvalue weighted by Gasteiger charge is 2.16. The van der Waals surface area contributed by atoms with Crippen molar-refractivity contribution in [2.75, 3.05) is 6.61 Å². The largest absolute Gasteiger partial charge is 0.487 e. The number of benzene rings is 3. The zero-order valence-corrected chi connectivity index (χ0v) is 16.0. The summed E-state index contributed by atoms with van der Waals surface area (Å²) in [6.07, 6.45) is -0.794. The van der Waals surface area contributed by atoms with Gasteiger partial charge in [-0.1, -0.05) is 67.1 Å². The number of alkyl halides is 1. The van der Waals surface area contributed by atoms with E-state index in [1.165, 1.54) is 17.7 Å². The van der Waals surface area contributed by atoms with Crippen LogP contribution in [0.2, 0.25) is 0 Å².